The van der Waals surface area contributed by atoms with Gasteiger partial charge in [0.1, 0.15) is 0 Å². The molecule has 0 amide bonds. The van der Waals surface area contributed by atoms with Crippen LogP contribution in [0.25, 0.3) is 0 Å². The van der Waals surface area contributed by atoms with Crippen LogP contribution in [0, 0.1) is 7.43 Å². The zero-order valence-electron chi connectivity index (χ0n) is 2.95. The molecule has 0 spiro atoms. The molecule has 0 unspecified atom stereocenters. The molecule has 0 aromatic carbocycles. The molecule has 26 valence electrons. The van der Waals surface area contributed by atoms with E-state index in [2.05, 4.69) is 0 Å². The van der Waals surface area contributed by atoms with Gasteiger partial charge in [-0.2, -0.15) is 0 Å². The van der Waals surface area contributed by atoms with Crippen LogP contribution >= 0.6 is 0 Å². The minimum Gasteiger partial charge on any atom is -0.400 e. The molecule has 1 N–H and O–H groups in total. The molecule has 0 heterocycles. The zero-order chi connectivity index (χ0) is 2.00. The van der Waals surface area contributed by atoms with Gasteiger partial charge in [-0.1, -0.05) is 0 Å². The predicted molar refractivity (Wildman–Crippen MR) is 14.6 cm³/mol. The van der Waals surface area contributed by atoms with Gasteiger partial charge in [-0.15, -0.1) is 0 Å². The Balaban J connectivity index is -0.00000000500. The third-order valence-electron chi connectivity index (χ3n) is 0. The van der Waals surface area contributed by atoms with E-state index < -0.39 is 0 Å². The van der Waals surface area contributed by atoms with Crippen LogP contribution in [0.15, 0.2) is 0 Å². The van der Waals surface area contributed by atoms with Crippen molar-refractivity contribution in [2.24, 2.45) is 0 Å². The average molecular weight is 226 g/mol. The molecule has 0 aromatic heterocycles. The van der Waals surface area contributed by atoms with Crippen LogP contribution in [-0.2, 0) is 25.8 Å². The first-order valence-corrected chi connectivity index (χ1v) is 0.447. The molecule has 0 fully saturated rings. The van der Waals surface area contributed by atoms with Crippen molar-refractivity contribution in [1.82, 2.24) is 0 Å². The van der Waals surface area contributed by atoms with E-state index in [-0.39, 0.29) is 33.3 Å². The van der Waals surface area contributed by atoms with E-state index in [4.69, 9.17) is 5.11 Å². The van der Waals surface area contributed by atoms with E-state index in [1.54, 1.807) is 0 Å². The van der Waals surface area contributed by atoms with E-state index in [1.807, 2.05) is 0 Å². The van der Waals surface area contributed by atoms with E-state index in [1.165, 1.54) is 0 Å². The molecule has 0 saturated heterocycles. The van der Waals surface area contributed by atoms with Crippen LogP contribution in [0.5, 0.6) is 0 Å². The van der Waals surface area contributed by atoms with Gasteiger partial charge < -0.3 is 12.5 Å². The number of aliphatic hydroxyl groups excluding tert-OH is 1. The second-order valence-electron chi connectivity index (χ2n) is 0. The summed E-state index contributed by atoms with van der Waals surface area (Å²) in [6.07, 6.45) is 0. The van der Waals surface area contributed by atoms with E-state index >= 15 is 0 Å². The van der Waals surface area contributed by atoms with Crippen molar-refractivity contribution < 1.29 is 30.9 Å². The summed E-state index contributed by atoms with van der Waals surface area (Å²) in [4.78, 5) is 0. The summed E-state index contributed by atoms with van der Waals surface area (Å²) in [6, 6.07) is 0. The molecule has 0 bridgehead atoms. The van der Waals surface area contributed by atoms with Crippen LogP contribution < -0.4 is 0 Å². The molecule has 4 heavy (non-hydrogen) atoms. The Morgan fingerprint density at radius 1 is 1.25 bits per heavy atom. The Morgan fingerprint density at radius 2 is 1.25 bits per heavy atom. The van der Waals surface area contributed by atoms with Gasteiger partial charge in [0.2, 0.25) is 0 Å². The fraction of sp³-hybridized carbons (Fsp3) is 0.500. The topological polar surface area (TPSA) is 20.2 Å². The number of hydrogen-bond acceptors (Lipinski definition) is 1. The number of rotatable bonds is 0. The Bertz CT molecular complexity index is 6.00. The van der Waals surface area contributed by atoms with Gasteiger partial charge in [0.15, 0.2) is 0 Å². The van der Waals surface area contributed by atoms with Crippen molar-refractivity contribution in [3.63, 3.8) is 0 Å². The predicted octanol–water partition coefficient (Wildman–Crippen LogP) is 0.0563. The summed E-state index contributed by atoms with van der Waals surface area (Å²) in [7, 11) is 1.00. The Hall–Kier alpha value is 0.830. The van der Waals surface area contributed by atoms with Crippen LogP contribution in [-0.4, -0.2) is 12.2 Å². The third kappa shape index (κ3) is 13.8. The van der Waals surface area contributed by atoms with Gasteiger partial charge in [0.25, 0.3) is 0 Å². The third-order valence-corrected chi connectivity index (χ3v) is 0. The summed E-state index contributed by atoms with van der Waals surface area (Å²) in [6.45, 7) is 0. The van der Waals surface area contributed by atoms with Crippen LogP contribution in [0.3, 0.4) is 0 Å². The van der Waals surface area contributed by atoms with Crippen molar-refractivity contribution >= 4 is 0 Å². The maximum absolute atomic E-state index is 7.00. The van der Waals surface area contributed by atoms with Crippen molar-refractivity contribution in [3.8, 4) is 0 Å². The monoisotopic (exact) mass is 227 g/mol. The van der Waals surface area contributed by atoms with E-state index in [9.17, 15) is 0 Å². The molecule has 2 heteroatoms. The van der Waals surface area contributed by atoms with Gasteiger partial charge in [-0.25, -0.2) is 0 Å². The molecule has 0 radical (unpaired) electrons. The van der Waals surface area contributed by atoms with Gasteiger partial charge in [-0.3, -0.25) is 0 Å². The number of hydrogen-bond donors (Lipinski definition) is 1. The molecule has 0 rings (SSSR count). The largest absolute Gasteiger partial charge is 0.400 e. The van der Waals surface area contributed by atoms with E-state index in [0.29, 0.717) is 0 Å². The minimum absolute atomic E-state index is 0. The quantitative estimate of drug-likeness (QED) is 0.457. The molecule has 0 aromatic rings. The summed E-state index contributed by atoms with van der Waals surface area (Å²) in [5.41, 5.74) is 0. The number of aliphatic hydroxyl groups is 1. The maximum atomic E-state index is 7.00. The smallest absolute Gasteiger partial charge is 0.0319 e. The average Bonchev–Trinajstić information content (AvgIpc) is 1.00. The standard InChI is InChI=1S/CH4O.CH3.Hf/c1-2;;/h2H,1H3;1H3;/q;-1;. The molecule has 0 atom stereocenters. The molecule has 1 nitrogen and oxygen atoms in total. The van der Waals surface area contributed by atoms with Crippen molar-refractivity contribution in [1.29, 1.82) is 0 Å². The molecule has 0 aliphatic rings. The molecule has 0 saturated carbocycles. The fourth-order valence-electron chi connectivity index (χ4n) is 0. The SMILES string of the molecule is CO.[CH3-].[Hf]. The van der Waals surface area contributed by atoms with Gasteiger partial charge in [0.05, 0.1) is 0 Å². The molecule has 0 aliphatic carbocycles. The second kappa shape index (κ2) is 44.5. The van der Waals surface area contributed by atoms with E-state index in [0.717, 1.165) is 7.11 Å². The van der Waals surface area contributed by atoms with Crippen molar-refractivity contribution in [2.45, 2.75) is 0 Å². The van der Waals surface area contributed by atoms with Crippen molar-refractivity contribution in [2.75, 3.05) is 7.11 Å². The van der Waals surface area contributed by atoms with Gasteiger partial charge in [-0.05, 0) is 0 Å². The summed E-state index contributed by atoms with van der Waals surface area (Å²) in [5, 5.41) is 7.00. The second-order valence-corrected chi connectivity index (χ2v) is 0. The summed E-state index contributed by atoms with van der Waals surface area (Å²) >= 11 is 0. The van der Waals surface area contributed by atoms with Gasteiger partial charge >= 0.3 is 0 Å². The normalized spacial score (nSPS) is 1.50. The summed E-state index contributed by atoms with van der Waals surface area (Å²) < 4.78 is 0. The molecule has 0 aliphatic heterocycles. The zero-order valence-corrected chi connectivity index (χ0v) is 6.54. The first kappa shape index (κ1) is 21.2. The Kier molecular flexibility index (Phi) is 235. The van der Waals surface area contributed by atoms with Crippen LogP contribution in [0.1, 0.15) is 0 Å². The first-order chi connectivity index (χ1) is 1.00. The first-order valence-electron chi connectivity index (χ1n) is 0.447. The molecular weight excluding hydrogens is 219 g/mol. The van der Waals surface area contributed by atoms with Crippen LogP contribution in [0.4, 0.5) is 0 Å². The maximum Gasteiger partial charge on any atom is 0.0319 e. The Labute approximate surface area is 45.8 Å². The minimum atomic E-state index is 0. The Morgan fingerprint density at radius 3 is 1.25 bits per heavy atom. The molecular formula is C2H7HfO-. The van der Waals surface area contributed by atoms with Crippen LogP contribution in [0.2, 0.25) is 0 Å². The fourth-order valence-corrected chi connectivity index (χ4v) is 0. The summed E-state index contributed by atoms with van der Waals surface area (Å²) in [5.74, 6) is 0. The van der Waals surface area contributed by atoms with Crippen molar-refractivity contribution in [3.05, 3.63) is 7.43 Å². The van der Waals surface area contributed by atoms with Gasteiger partial charge in [0, 0.05) is 33.0 Å².